The van der Waals surface area contributed by atoms with Gasteiger partial charge in [0, 0.05) is 0 Å². The summed E-state index contributed by atoms with van der Waals surface area (Å²) in [6.07, 6.45) is -4.52. The third-order valence-electron chi connectivity index (χ3n) is 3.29. The Morgan fingerprint density at radius 1 is 1.00 bits per heavy atom. The highest BCUT2D eigenvalue weighted by Crippen LogP contribution is 2.33. The number of fused-ring (bicyclic) bond motifs is 1. The number of hydrogen-bond acceptors (Lipinski definition) is 2. The number of halogens is 3. The molecule has 0 radical (unpaired) electrons. The fraction of sp³-hybridized carbons (Fsp3) is 0.375. The monoisotopic (exact) mass is 344 g/mol. The van der Waals surface area contributed by atoms with Crippen molar-refractivity contribution in [3.8, 4) is 0 Å². The zero-order valence-electron chi connectivity index (χ0n) is 13.1. The van der Waals surface area contributed by atoms with E-state index in [1.807, 2.05) is 12.1 Å². The molecule has 7 heteroatoms. The van der Waals surface area contributed by atoms with E-state index in [2.05, 4.69) is 10.3 Å². The zero-order chi connectivity index (χ0) is 17.3. The molecular formula is C16H19F3N2OS. The summed E-state index contributed by atoms with van der Waals surface area (Å²) >= 11 is 0. The van der Waals surface area contributed by atoms with Gasteiger partial charge in [0.25, 0.3) is 0 Å². The van der Waals surface area contributed by atoms with Crippen LogP contribution in [0.15, 0.2) is 42.5 Å². The van der Waals surface area contributed by atoms with Gasteiger partial charge in [-0.05, 0) is 43.2 Å². The van der Waals surface area contributed by atoms with Crippen molar-refractivity contribution < 1.29 is 17.4 Å². The number of hydrogen-bond donors (Lipinski definition) is 2. The SMILES string of the molecule is CC(C)(C)S(=O)NN[C@H](c1ccc2ccccc2c1)C(F)(F)F. The van der Waals surface area contributed by atoms with Crippen molar-refractivity contribution in [2.45, 2.75) is 37.7 Å². The minimum Gasteiger partial charge on any atom is -0.241 e. The molecule has 0 amide bonds. The molecule has 1 unspecified atom stereocenters. The molecule has 2 N–H and O–H groups in total. The average Bonchev–Trinajstić information content (AvgIpc) is 2.44. The summed E-state index contributed by atoms with van der Waals surface area (Å²) in [5, 5.41) is 1.58. The summed E-state index contributed by atoms with van der Waals surface area (Å²) in [5.74, 6) is 0. The first-order valence-corrected chi connectivity index (χ1v) is 8.22. The number of hydrazine groups is 1. The molecule has 2 rings (SSSR count). The molecule has 0 aliphatic rings. The van der Waals surface area contributed by atoms with Crippen LogP contribution in [0.5, 0.6) is 0 Å². The Hall–Kier alpha value is -1.44. The van der Waals surface area contributed by atoms with Gasteiger partial charge in [0.1, 0.15) is 17.0 Å². The molecule has 0 spiro atoms. The molecule has 2 atom stereocenters. The van der Waals surface area contributed by atoms with Crippen LogP contribution in [0.1, 0.15) is 32.4 Å². The van der Waals surface area contributed by atoms with Crippen LogP contribution in [0.4, 0.5) is 13.2 Å². The van der Waals surface area contributed by atoms with Gasteiger partial charge in [-0.15, -0.1) is 0 Å². The number of benzene rings is 2. The summed E-state index contributed by atoms with van der Waals surface area (Å²) < 4.78 is 51.3. The maximum atomic E-state index is 13.4. The molecule has 2 aromatic rings. The highest BCUT2D eigenvalue weighted by atomic mass is 32.2. The van der Waals surface area contributed by atoms with Crippen molar-refractivity contribution >= 4 is 21.8 Å². The minimum atomic E-state index is -4.52. The van der Waals surface area contributed by atoms with Crippen molar-refractivity contribution in [3.05, 3.63) is 48.0 Å². The van der Waals surface area contributed by atoms with E-state index in [1.54, 1.807) is 39.0 Å². The van der Waals surface area contributed by atoms with Gasteiger partial charge >= 0.3 is 6.18 Å². The molecular weight excluding hydrogens is 325 g/mol. The Kier molecular flexibility index (Phi) is 5.13. The largest absolute Gasteiger partial charge is 0.409 e. The molecule has 0 saturated carbocycles. The van der Waals surface area contributed by atoms with Crippen molar-refractivity contribution in [2.24, 2.45) is 0 Å². The number of rotatable bonds is 4. The predicted molar refractivity (Wildman–Crippen MR) is 86.9 cm³/mol. The Morgan fingerprint density at radius 3 is 2.17 bits per heavy atom. The minimum absolute atomic E-state index is 0.0645. The maximum absolute atomic E-state index is 13.4. The van der Waals surface area contributed by atoms with E-state index in [9.17, 15) is 17.4 Å². The molecule has 0 saturated heterocycles. The standard InChI is InChI=1S/C16H19F3N2OS/c1-15(2,3)23(22)21-20-14(16(17,18)19)13-9-8-11-6-4-5-7-12(11)10-13/h4-10,14,20-21H,1-3H3/t14-,23?/m1/s1. The smallest absolute Gasteiger partial charge is 0.241 e. The predicted octanol–water partition coefficient (Wildman–Crippen LogP) is 4.00. The topological polar surface area (TPSA) is 41.1 Å². The first kappa shape index (κ1) is 17.9. The van der Waals surface area contributed by atoms with Gasteiger partial charge in [-0.1, -0.05) is 36.4 Å². The first-order valence-electron chi connectivity index (χ1n) is 7.07. The van der Waals surface area contributed by atoms with Crippen molar-refractivity contribution in [3.63, 3.8) is 0 Å². The Bertz CT molecular complexity index is 710. The Balaban J connectivity index is 2.29. The van der Waals surface area contributed by atoms with Crippen LogP contribution in [0.25, 0.3) is 10.8 Å². The summed E-state index contributed by atoms with van der Waals surface area (Å²) in [6.45, 7) is 5.03. The van der Waals surface area contributed by atoms with Gasteiger partial charge in [0.05, 0.1) is 4.75 Å². The van der Waals surface area contributed by atoms with Crippen LogP contribution in [0.3, 0.4) is 0 Å². The van der Waals surface area contributed by atoms with E-state index in [0.717, 1.165) is 10.8 Å². The fourth-order valence-corrected chi connectivity index (χ4v) is 2.54. The van der Waals surface area contributed by atoms with E-state index < -0.39 is 28.0 Å². The molecule has 0 aromatic heterocycles. The summed E-state index contributed by atoms with van der Waals surface area (Å²) in [6, 6.07) is 9.81. The van der Waals surface area contributed by atoms with Crippen LogP contribution in [-0.4, -0.2) is 15.1 Å². The molecule has 0 aliphatic heterocycles. The quantitative estimate of drug-likeness (QED) is 0.823. The molecule has 3 nitrogen and oxygen atoms in total. The lowest BCUT2D eigenvalue weighted by molar-refractivity contribution is -0.158. The van der Waals surface area contributed by atoms with Crippen LogP contribution in [0.2, 0.25) is 0 Å². The number of nitrogens with one attached hydrogen (secondary N) is 2. The summed E-state index contributed by atoms with van der Waals surface area (Å²) in [4.78, 5) is 2.28. The van der Waals surface area contributed by atoms with Crippen molar-refractivity contribution in [2.75, 3.05) is 0 Å². The number of alkyl halides is 3. The Morgan fingerprint density at radius 2 is 1.61 bits per heavy atom. The van der Waals surface area contributed by atoms with Gasteiger partial charge < -0.3 is 0 Å². The lowest BCUT2D eigenvalue weighted by atomic mass is 10.0. The third-order valence-corrected chi connectivity index (χ3v) is 4.70. The van der Waals surface area contributed by atoms with Crippen LogP contribution in [0, 0.1) is 0 Å². The first-order chi connectivity index (χ1) is 10.6. The third kappa shape index (κ3) is 4.53. The maximum Gasteiger partial charge on any atom is 0.409 e. The molecule has 0 bridgehead atoms. The molecule has 2 aromatic carbocycles. The van der Waals surface area contributed by atoms with Crippen molar-refractivity contribution in [1.82, 2.24) is 10.3 Å². The van der Waals surface area contributed by atoms with Crippen molar-refractivity contribution in [1.29, 1.82) is 0 Å². The second kappa shape index (κ2) is 6.59. The van der Waals surface area contributed by atoms with Crippen LogP contribution >= 0.6 is 0 Å². The van der Waals surface area contributed by atoms with Crippen LogP contribution in [-0.2, 0) is 11.0 Å². The zero-order valence-corrected chi connectivity index (χ0v) is 13.9. The second-order valence-electron chi connectivity index (χ2n) is 6.21. The second-order valence-corrected chi connectivity index (χ2v) is 8.18. The average molecular weight is 344 g/mol. The van der Waals surface area contributed by atoms with E-state index >= 15 is 0 Å². The summed E-state index contributed by atoms with van der Waals surface area (Å²) in [7, 11) is -1.65. The van der Waals surface area contributed by atoms with E-state index in [0.29, 0.717) is 0 Å². The highest BCUT2D eigenvalue weighted by Gasteiger charge is 2.41. The normalized spacial score (nSPS) is 15.6. The molecule has 0 aliphatic carbocycles. The Labute approximate surface area is 135 Å². The van der Waals surface area contributed by atoms with E-state index in [1.165, 1.54) is 12.1 Å². The molecule has 0 fully saturated rings. The molecule has 23 heavy (non-hydrogen) atoms. The van der Waals surface area contributed by atoms with E-state index in [4.69, 9.17) is 0 Å². The van der Waals surface area contributed by atoms with Gasteiger partial charge in [0.2, 0.25) is 0 Å². The van der Waals surface area contributed by atoms with Gasteiger partial charge in [-0.3, -0.25) is 0 Å². The van der Waals surface area contributed by atoms with Crippen LogP contribution < -0.4 is 10.3 Å². The van der Waals surface area contributed by atoms with Gasteiger partial charge in [-0.2, -0.15) is 18.0 Å². The molecule has 126 valence electrons. The van der Waals surface area contributed by atoms with E-state index in [-0.39, 0.29) is 5.56 Å². The molecule has 0 heterocycles. The highest BCUT2D eigenvalue weighted by molar-refractivity contribution is 7.84. The lowest BCUT2D eigenvalue weighted by Crippen LogP contribution is -2.47. The van der Waals surface area contributed by atoms with Gasteiger partial charge in [-0.25, -0.2) is 9.63 Å². The van der Waals surface area contributed by atoms with Gasteiger partial charge in [0.15, 0.2) is 0 Å². The lowest BCUT2D eigenvalue weighted by Gasteiger charge is -2.25. The summed E-state index contributed by atoms with van der Waals surface area (Å²) in [5.41, 5.74) is 2.24. The fourth-order valence-electron chi connectivity index (χ4n) is 2.01.